The zero-order chi connectivity index (χ0) is 14.3. The van der Waals surface area contributed by atoms with E-state index in [2.05, 4.69) is 5.32 Å². The number of carbonyl (C=O) groups is 2. The third kappa shape index (κ3) is 4.82. The predicted octanol–water partition coefficient (Wildman–Crippen LogP) is 1.93. The number of esters is 1. The van der Waals surface area contributed by atoms with Gasteiger partial charge in [-0.15, -0.1) is 0 Å². The van der Waals surface area contributed by atoms with Crippen LogP contribution >= 0.6 is 11.8 Å². The van der Waals surface area contributed by atoms with E-state index in [4.69, 9.17) is 9.47 Å². The van der Waals surface area contributed by atoms with Crippen molar-refractivity contribution in [3.63, 3.8) is 0 Å². The first kappa shape index (κ1) is 15.4. The van der Waals surface area contributed by atoms with Crippen molar-refractivity contribution in [3.8, 4) is 5.75 Å². The molecule has 104 valence electrons. The van der Waals surface area contributed by atoms with Crippen LogP contribution in [0.4, 0.5) is 5.69 Å². The van der Waals surface area contributed by atoms with Crippen molar-refractivity contribution in [2.45, 2.75) is 13.0 Å². The molecule has 1 amide bonds. The van der Waals surface area contributed by atoms with Crippen LogP contribution in [0.5, 0.6) is 5.75 Å². The molecular weight excluding hydrogens is 266 g/mol. The first-order valence-electron chi connectivity index (χ1n) is 5.70. The Bertz CT molecular complexity index is 450. The minimum atomic E-state index is -0.843. The maximum absolute atomic E-state index is 11.9. The number of amides is 1. The van der Waals surface area contributed by atoms with Gasteiger partial charge < -0.3 is 14.8 Å². The van der Waals surface area contributed by atoms with Crippen molar-refractivity contribution in [3.05, 3.63) is 24.3 Å². The van der Waals surface area contributed by atoms with Crippen molar-refractivity contribution in [2.75, 3.05) is 24.4 Å². The number of benzene rings is 1. The molecule has 0 bridgehead atoms. The first-order valence-corrected chi connectivity index (χ1v) is 7.10. The highest BCUT2D eigenvalue weighted by Gasteiger charge is 2.18. The summed E-state index contributed by atoms with van der Waals surface area (Å²) in [6.07, 6.45) is 0.949. The molecule has 1 atom stereocenters. The summed E-state index contributed by atoms with van der Waals surface area (Å²) in [4.78, 5) is 23.2. The number of anilines is 1. The maximum atomic E-state index is 11.9. The largest absolute Gasteiger partial charge is 0.495 e. The molecular formula is C13H17NO4S. The van der Waals surface area contributed by atoms with Crippen LogP contribution in [-0.2, 0) is 14.3 Å². The molecule has 1 rings (SSSR count). The number of ether oxygens (including phenoxy) is 2. The van der Waals surface area contributed by atoms with Crippen LogP contribution in [-0.4, -0.2) is 37.1 Å². The second-order valence-electron chi connectivity index (χ2n) is 3.75. The molecule has 0 aliphatic rings. The van der Waals surface area contributed by atoms with Gasteiger partial charge in [-0.2, -0.15) is 11.8 Å². The third-order valence-corrected chi connectivity index (χ3v) is 2.83. The zero-order valence-corrected chi connectivity index (χ0v) is 12.0. The lowest BCUT2D eigenvalue weighted by Crippen LogP contribution is -2.30. The summed E-state index contributed by atoms with van der Waals surface area (Å²) in [6.45, 7) is 1.53. The monoisotopic (exact) mass is 283 g/mol. The van der Waals surface area contributed by atoms with E-state index in [1.54, 1.807) is 30.5 Å². The van der Waals surface area contributed by atoms with Crippen LogP contribution < -0.4 is 10.1 Å². The molecule has 0 heterocycles. The highest BCUT2D eigenvalue weighted by Crippen LogP contribution is 2.23. The van der Waals surface area contributed by atoms with E-state index in [1.165, 1.54) is 25.8 Å². The molecule has 0 fully saturated rings. The molecule has 1 N–H and O–H groups in total. The summed E-state index contributed by atoms with van der Waals surface area (Å²) in [7, 11) is 1.52. The second-order valence-corrected chi connectivity index (χ2v) is 4.62. The number of para-hydroxylation sites is 2. The van der Waals surface area contributed by atoms with Gasteiger partial charge in [0.15, 0.2) is 6.10 Å². The fourth-order valence-corrected chi connectivity index (χ4v) is 1.69. The van der Waals surface area contributed by atoms with Crippen molar-refractivity contribution >= 4 is 29.3 Å². The number of methoxy groups -OCH3 is 1. The van der Waals surface area contributed by atoms with Crippen LogP contribution in [0, 0.1) is 0 Å². The lowest BCUT2D eigenvalue weighted by Gasteiger charge is -2.14. The first-order chi connectivity index (χ1) is 9.08. The van der Waals surface area contributed by atoms with Gasteiger partial charge in [-0.1, -0.05) is 12.1 Å². The summed E-state index contributed by atoms with van der Waals surface area (Å²) in [5, 5.41) is 2.66. The van der Waals surface area contributed by atoms with Crippen LogP contribution in [0.3, 0.4) is 0 Å². The highest BCUT2D eigenvalue weighted by molar-refractivity contribution is 7.99. The molecule has 0 saturated carbocycles. The van der Waals surface area contributed by atoms with Gasteiger partial charge >= 0.3 is 5.97 Å². The predicted molar refractivity (Wildman–Crippen MR) is 75.6 cm³/mol. The molecule has 0 saturated heterocycles. The highest BCUT2D eigenvalue weighted by atomic mass is 32.2. The summed E-state index contributed by atoms with van der Waals surface area (Å²) in [5.74, 6) is -0.0145. The second kappa shape index (κ2) is 7.68. The van der Waals surface area contributed by atoms with Crippen molar-refractivity contribution < 1.29 is 19.1 Å². The van der Waals surface area contributed by atoms with Gasteiger partial charge in [-0.3, -0.25) is 9.59 Å². The van der Waals surface area contributed by atoms with Crippen LogP contribution in [0.2, 0.25) is 0 Å². The van der Waals surface area contributed by atoms with Crippen molar-refractivity contribution in [1.29, 1.82) is 0 Å². The summed E-state index contributed by atoms with van der Waals surface area (Å²) in [5.41, 5.74) is 0.544. The number of thioether (sulfide) groups is 1. The van der Waals surface area contributed by atoms with Crippen molar-refractivity contribution in [1.82, 2.24) is 0 Å². The van der Waals surface area contributed by atoms with E-state index < -0.39 is 12.1 Å². The Balaban J connectivity index is 2.61. The Labute approximate surface area is 116 Å². The van der Waals surface area contributed by atoms with E-state index in [-0.39, 0.29) is 11.7 Å². The Morgan fingerprint density at radius 3 is 2.68 bits per heavy atom. The smallest absolute Gasteiger partial charge is 0.316 e. The van der Waals surface area contributed by atoms with Gasteiger partial charge in [0.25, 0.3) is 5.91 Å². The lowest BCUT2D eigenvalue weighted by molar-refractivity contribution is -0.150. The lowest BCUT2D eigenvalue weighted by atomic mass is 10.2. The van der Waals surface area contributed by atoms with Gasteiger partial charge in [0.1, 0.15) is 5.75 Å². The summed E-state index contributed by atoms with van der Waals surface area (Å²) >= 11 is 1.35. The van der Waals surface area contributed by atoms with Crippen molar-refractivity contribution in [2.24, 2.45) is 0 Å². The topological polar surface area (TPSA) is 64.6 Å². The summed E-state index contributed by atoms with van der Waals surface area (Å²) < 4.78 is 10.1. The van der Waals surface area contributed by atoms with E-state index in [0.29, 0.717) is 11.4 Å². The van der Waals surface area contributed by atoms with E-state index >= 15 is 0 Å². The zero-order valence-electron chi connectivity index (χ0n) is 11.1. The van der Waals surface area contributed by atoms with Crippen LogP contribution in [0.25, 0.3) is 0 Å². The Kier molecular flexibility index (Phi) is 6.21. The molecule has 0 aliphatic heterocycles. The molecule has 0 spiro atoms. The van der Waals surface area contributed by atoms with E-state index in [9.17, 15) is 9.59 Å². The molecule has 5 nitrogen and oxygen atoms in total. The Morgan fingerprint density at radius 1 is 1.37 bits per heavy atom. The third-order valence-electron chi connectivity index (χ3n) is 2.30. The number of hydrogen-bond donors (Lipinski definition) is 1. The summed E-state index contributed by atoms with van der Waals surface area (Å²) in [6, 6.07) is 7.03. The van der Waals surface area contributed by atoms with Crippen LogP contribution in [0.1, 0.15) is 6.92 Å². The number of hydrogen-bond acceptors (Lipinski definition) is 5. The molecule has 19 heavy (non-hydrogen) atoms. The van der Waals surface area contributed by atoms with Gasteiger partial charge in [0, 0.05) is 0 Å². The molecule has 0 aromatic heterocycles. The van der Waals surface area contributed by atoms with Gasteiger partial charge in [0.05, 0.1) is 18.6 Å². The van der Waals surface area contributed by atoms with Crippen LogP contribution in [0.15, 0.2) is 24.3 Å². The molecule has 1 aromatic rings. The molecule has 0 aliphatic carbocycles. The van der Waals surface area contributed by atoms with E-state index in [1.807, 2.05) is 0 Å². The Morgan fingerprint density at radius 2 is 2.05 bits per heavy atom. The minimum absolute atomic E-state index is 0.228. The molecule has 0 unspecified atom stereocenters. The molecule has 1 aromatic carbocycles. The average Bonchev–Trinajstić information content (AvgIpc) is 2.39. The molecule has 6 heteroatoms. The number of rotatable bonds is 6. The average molecular weight is 283 g/mol. The number of nitrogens with one attached hydrogen (secondary N) is 1. The Hall–Kier alpha value is -1.69. The minimum Gasteiger partial charge on any atom is -0.495 e. The van der Waals surface area contributed by atoms with Gasteiger partial charge in [-0.05, 0) is 25.3 Å². The fraction of sp³-hybridized carbons (Fsp3) is 0.385. The maximum Gasteiger partial charge on any atom is 0.316 e. The van der Waals surface area contributed by atoms with Gasteiger partial charge in [0.2, 0.25) is 0 Å². The number of carbonyl (C=O) groups excluding carboxylic acids is 2. The SMILES string of the molecule is COc1ccccc1NC(=O)[C@H](C)OC(=O)CSC. The quantitative estimate of drug-likeness (QED) is 0.808. The standard InChI is InChI=1S/C13H17NO4S/c1-9(18-12(15)8-19-3)13(16)14-10-6-4-5-7-11(10)17-2/h4-7,9H,8H2,1-3H3,(H,14,16)/t9-/m0/s1. The normalized spacial score (nSPS) is 11.5. The van der Waals surface area contributed by atoms with Gasteiger partial charge in [-0.25, -0.2) is 0 Å². The fourth-order valence-electron chi connectivity index (χ4n) is 1.38. The van der Waals surface area contributed by atoms with E-state index in [0.717, 1.165) is 0 Å². The molecule has 0 radical (unpaired) electrons.